The second kappa shape index (κ2) is 8.38. The molecule has 4 aromatic rings. The fourth-order valence-electron chi connectivity index (χ4n) is 3.54. The van der Waals surface area contributed by atoms with Crippen LogP contribution < -0.4 is 5.73 Å². The molecular formula is C25H28N4O2. The highest BCUT2D eigenvalue weighted by Gasteiger charge is 2.26. The Balaban J connectivity index is 1.91. The Kier molecular flexibility index (Phi) is 5.63. The summed E-state index contributed by atoms with van der Waals surface area (Å²) in [5, 5.41) is 0. The topological polar surface area (TPSA) is 83.0 Å². The number of nitrogens with zero attached hydrogens (tertiary/aromatic N) is 3. The minimum Gasteiger partial charge on any atom is -0.462 e. The summed E-state index contributed by atoms with van der Waals surface area (Å²) in [6.45, 7) is 8.75. The Morgan fingerprint density at radius 1 is 1.03 bits per heavy atom. The van der Waals surface area contributed by atoms with E-state index in [2.05, 4.69) is 32.9 Å². The van der Waals surface area contributed by atoms with Crippen LogP contribution in [0.1, 0.15) is 56.0 Å². The number of ether oxygens (including phenoxy) is 1. The molecule has 0 aliphatic carbocycles. The van der Waals surface area contributed by atoms with Crippen molar-refractivity contribution in [3.05, 3.63) is 59.7 Å². The number of rotatable bonds is 6. The lowest BCUT2D eigenvalue weighted by atomic mass is 10.0. The van der Waals surface area contributed by atoms with E-state index in [1.807, 2.05) is 43.3 Å². The molecule has 0 bridgehead atoms. The average Bonchev–Trinajstić information content (AvgIpc) is 3.06. The van der Waals surface area contributed by atoms with Gasteiger partial charge in [-0.3, -0.25) is 4.57 Å². The highest BCUT2D eigenvalue weighted by atomic mass is 16.5. The summed E-state index contributed by atoms with van der Waals surface area (Å²) < 4.78 is 7.37. The maximum atomic E-state index is 13.0. The van der Waals surface area contributed by atoms with E-state index < -0.39 is 5.97 Å². The standard InChI is InChI=1S/C25H28N4O2/c1-5-16(4)14-31-25(30)21-22-24(28-20-9-7-6-8-19(20)27-22)29(23(21)26)18-12-10-17(11-13-18)15(2)3/h6-13,15-16H,5,14,26H2,1-4H3/t16-/m0/s1. The molecule has 31 heavy (non-hydrogen) atoms. The Hall–Kier alpha value is -3.41. The van der Waals surface area contributed by atoms with Crippen molar-refractivity contribution in [1.82, 2.24) is 14.5 Å². The summed E-state index contributed by atoms with van der Waals surface area (Å²) in [4.78, 5) is 22.6. The number of hydrogen-bond donors (Lipinski definition) is 1. The normalized spacial score (nSPS) is 12.5. The van der Waals surface area contributed by atoms with Gasteiger partial charge in [0.1, 0.15) is 16.9 Å². The van der Waals surface area contributed by atoms with Gasteiger partial charge in [-0.25, -0.2) is 14.8 Å². The largest absolute Gasteiger partial charge is 0.462 e. The molecule has 0 aliphatic rings. The van der Waals surface area contributed by atoms with Gasteiger partial charge in [0, 0.05) is 5.69 Å². The molecular weight excluding hydrogens is 388 g/mol. The number of carbonyl (C=O) groups is 1. The van der Waals surface area contributed by atoms with Gasteiger partial charge in [0.2, 0.25) is 0 Å². The number of fused-ring (bicyclic) bond motifs is 2. The van der Waals surface area contributed by atoms with Crippen molar-refractivity contribution in [2.75, 3.05) is 12.3 Å². The van der Waals surface area contributed by atoms with Crippen LogP contribution in [0.5, 0.6) is 0 Å². The monoisotopic (exact) mass is 416 g/mol. The lowest BCUT2D eigenvalue weighted by Gasteiger charge is -2.11. The highest BCUT2D eigenvalue weighted by Crippen LogP contribution is 2.32. The number of carbonyl (C=O) groups excluding carboxylic acids is 1. The zero-order valence-corrected chi connectivity index (χ0v) is 18.4. The van der Waals surface area contributed by atoms with Crippen LogP contribution in [0.15, 0.2) is 48.5 Å². The van der Waals surface area contributed by atoms with Crippen molar-refractivity contribution >= 4 is 34.0 Å². The van der Waals surface area contributed by atoms with Crippen molar-refractivity contribution in [2.24, 2.45) is 5.92 Å². The summed E-state index contributed by atoms with van der Waals surface area (Å²) in [6.07, 6.45) is 0.928. The number of para-hydroxylation sites is 2. The molecule has 2 N–H and O–H groups in total. The summed E-state index contributed by atoms with van der Waals surface area (Å²) in [5.74, 6) is 0.512. The maximum Gasteiger partial charge on any atom is 0.344 e. The molecule has 0 spiro atoms. The number of anilines is 1. The lowest BCUT2D eigenvalue weighted by Crippen LogP contribution is -2.13. The molecule has 0 radical (unpaired) electrons. The first-order valence-electron chi connectivity index (χ1n) is 10.7. The minimum atomic E-state index is -0.468. The SMILES string of the molecule is CC[C@H](C)COC(=O)c1c(N)n(-c2ccc(C(C)C)cc2)c2nc3ccccc3nc12. The van der Waals surface area contributed by atoms with Crippen LogP contribution in [0.2, 0.25) is 0 Å². The molecule has 0 saturated heterocycles. The zero-order valence-electron chi connectivity index (χ0n) is 18.4. The predicted octanol–water partition coefficient (Wildman–Crippen LogP) is 5.48. The van der Waals surface area contributed by atoms with Gasteiger partial charge < -0.3 is 10.5 Å². The number of hydrogen-bond acceptors (Lipinski definition) is 5. The minimum absolute atomic E-state index is 0.268. The summed E-state index contributed by atoms with van der Waals surface area (Å²) in [6, 6.07) is 15.7. The second-order valence-electron chi connectivity index (χ2n) is 8.34. The van der Waals surface area contributed by atoms with E-state index in [1.54, 1.807) is 4.57 Å². The number of nitrogens with two attached hydrogens (primary N) is 1. The lowest BCUT2D eigenvalue weighted by molar-refractivity contribution is 0.0450. The molecule has 6 heteroatoms. The van der Waals surface area contributed by atoms with Crippen LogP contribution in [0, 0.1) is 5.92 Å². The molecule has 0 amide bonds. The first-order chi connectivity index (χ1) is 14.9. The van der Waals surface area contributed by atoms with Gasteiger partial charge in [0.15, 0.2) is 5.65 Å². The maximum absolute atomic E-state index is 13.0. The summed E-state index contributed by atoms with van der Waals surface area (Å²) in [7, 11) is 0. The molecule has 4 rings (SSSR count). The first-order valence-corrected chi connectivity index (χ1v) is 10.7. The van der Waals surface area contributed by atoms with Crippen molar-refractivity contribution in [2.45, 2.75) is 40.0 Å². The fourth-order valence-corrected chi connectivity index (χ4v) is 3.54. The van der Waals surface area contributed by atoms with E-state index >= 15 is 0 Å². The molecule has 160 valence electrons. The van der Waals surface area contributed by atoms with Gasteiger partial charge in [-0.1, -0.05) is 58.4 Å². The highest BCUT2D eigenvalue weighted by molar-refractivity contribution is 6.09. The van der Waals surface area contributed by atoms with Crippen molar-refractivity contribution in [1.29, 1.82) is 0 Å². The van der Waals surface area contributed by atoms with Gasteiger partial charge in [-0.05, 0) is 41.7 Å². The van der Waals surface area contributed by atoms with Crippen molar-refractivity contribution in [3.8, 4) is 5.69 Å². The van der Waals surface area contributed by atoms with Crippen molar-refractivity contribution in [3.63, 3.8) is 0 Å². The number of esters is 1. The van der Waals surface area contributed by atoms with E-state index in [9.17, 15) is 4.79 Å². The Bertz CT molecular complexity index is 1240. The third-order valence-corrected chi connectivity index (χ3v) is 5.72. The van der Waals surface area contributed by atoms with Crippen LogP contribution >= 0.6 is 0 Å². The molecule has 1 atom stereocenters. The van der Waals surface area contributed by atoms with Gasteiger partial charge in [-0.15, -0.1) is 0 Å². The van der Waals surface area contributed by atoms with E-state index in [1.165, 1.54) is 5.56 Å². The molecule has 0 fully saturated rings. The van der Waals surface area contributed by atoms with E-state index in [-0.39, 0.29) is 17.3 Å². The van der Waals surface area contributed by atoms with Crippen LogP contribution in [0.3, 0.4) is 0 Å². The Labute approximate surface area is 182 Å². The van der Waals surface area contributed by atoms with E-state index in [0.29, 0.717) is 29.2 Å². The number of benzene rings is 2. The summed E-state index contributed by atoms with van der Waals surface area (Å²) >= 11 is 0. The predicted molar refractivity (Wildman–Crippen MR) is 125 cm³/mol. The van der Waals surface area contributed by atoms with Gasteiger partial charge in [0.05, 0.1) is 17.6 Å². The quantitative estimate of drug-likeness (QED) is 0.421. The Morgan fingerprint density at radius 3 is 2.29 bits per heavy atom. The Morgan fingerprint density at radius 2 is 1.68 bits per heavy atom. The second-order valence-corrected chi connectivity index (χ2v) is 8.34. The molecule has 0 unspecified atom stereocenters. The number of aromatic nitrogens is 3. The van der Waals surface area contributed by atoms with Crippen LogP contribution in [-0.2, 0) is 4.74 Å². The average molecular weight is 417 g/mol. The van der Waals surface area contributed by atoms with E-state index in [0.717, 1.165) is 17.6 Å². The molecule has 0 saturated carbocycles. The third kappa shape index (κ3) is 3.85. The molecule has 2 heterocycles. The van der Waals surface area contributed by atoms with Crippen LogP contribution in [0.4, 0.5) is 5.82 Å². The molecule has 2 aromatic heterocycles. The summed E-state index contributed by atoms with van der Waals surface area (Å²) in [5.41, 5.74) is 11.3. The van der Waals surface area contributed by atoms with Crippen molar-refractivity contribution < 1.29 is 9.53 Å². The third-order valence-electron chi connectivity index (χ3n) is 5.72. The first kappa shape index (κ1) is 20.8. The zero-order chi connectivity index (χ0) is 22.1. The van der Waals surface area contributed by atoms with Gasteiger partial charge >= 0.3 is 5.97 Å². The molecule has 0 aliphatic heterocycles. The van der Waals surface area contributed by atoms with E-state index in [4.69, 9.17) is 20.4 Å². The van der Waals surface area contributed by atoms with Gasteiger partial charge in [-0.2, -0.15) is 0 Å². The fraction of sp³-hybridized carbons (Fsp3) is 0.320. The number of nitrogen functional groups attached to an aromatic ring is 1. The van der Waals surface area contributed by atoms with Crippen LogP contribution in [-0.4, -0.2) is 27.1 Å². The van der Waals surface area contributed by atoms with Gasteiger partial charge in [0.25, 0.3) is 0 Å². The smallest absolute Gasteiger partial charge is 0.344 e. The van der Waals surface area contributed by atoms with Crippen LogP contribution in [0.25, 0.3) is 27.9 Å². The molecule has 2 aromatic carbocycles. The molecule has 6 nitrogen and oxygen atoms in total.